The summed E-state index contributed by atoms with van der Waals surface area (Å²) in [6, 6.07) is 23.6. The van der Waals surface area contributed by atoms with Crippen LogP contribution in [0, 0.1) is 0 Å². The second-order valence-electron chi connectivity index (χ2n) is 7.40. The van der Waals surface area contributed by atoms with Gasteiger partial charge in [0.25, 0.3) is 5.91 Å². The number of hydrogen-bond donors (Lipinski definition) is 0. The van der Waals surface area contributed by atoms with Gasteiger partial charge < -0.3 is 4.90 Å². The van der Waals surface area contributed by atoms with E-state index in [9.17, 15) is 4.79 Å². The summed E-state index contributed by atoms with van der Waals surface area (Å²) >= 11 is 5.99. The number of halogens is 1. The molecule has 0 fully saturated rings. The fraction of sp³-hybridized carbons (Fsp3) is 0.200. The summed E-state index contributed by atoms with van der Waals surface area (Å²) in [5.74, 6) is 0.438. The zero-order chi connectivity index (χ0) is 20.4. The third-order valence-electron chi connectivity index (χ3n) is 5.47. The van der Waals surface area contributed by atoms with Gasteiger partial charge in [-0.25, -0.2) is 4.99 Å². The van der Waals surface area contributed by atoms with Crippen molar-refractivity contribution in [1.82, 2.24) is 0 Å². The van der Waals surface area contributed by atoms with Gasteiger partial charge in [0.1, 0.15) is 5.71 Å². The van der Waals surface area contributed by atoms with Crippen molar-refractivity contribution in [3.05, 3.63) is 94.5 Å². The Kier molecular flexibility index (Phi) is 5.50. The minimum Gasteiger partial charge on any atom is -0.302 e. The number of carbonyl (C=O) groups is 1. The number of rotatable bonds is 5. The summed E-state index contributed by atoms with van der Waals surface area (Å²) in [5.41, 5.74) is 5.37. The van der Waals surface area contributed by atoms with E-state index in [1.54, 1.807) is 4.90 Å². The molecule has 3 nitrogen and oxygen atoms in total. The molecule has 0 bridgehead atoms. The molecule has 1 heterocycles. The van der Waals surface area contributed by atoms with Crippen molar-refractivity contribution in [2.75, 3.05) is 4.90 Å². The van der Waals surface area contributed by atoms with Crippen molar-refractivity contribution >= 4 is 34.6 Å². The molecule has 1 unspecified atom stereocenters. The fourth-order valence-corrected chi connectivity index (χ4v) is 3.67. The first-order chi connectivity index (χ1) is 14.1. The molecule has 0 aliphatic carbocycles. The quantitative estimate of drug-likeness (QED) is 0.478. The van der Waals surface area contributed by atoms with Crippen LogP contribution < -0.4 is 4.90 Å². The Labute approximate surface area is 176 Å². The molecule has 1 amide bonds. The molecule has 29 heavy (non-hydrogen) atoms. The molecule has 3 aromatic carbocycles. The first-order valence-corrected chi connectivity index (χ1v) is 10.3. The van der Waals surface area contributed by atoms with Crippen LogP contribution in [0.2, 0.25) is 5.02 Å². The highest BCUT2D eigenvalue weighted by Gasteiger charge is 2.33. The maximum atomic E-state index is 13.2. The third kappa shape index (κ3) is 3.96. The Morgan fingerprint density at radius 2 is 1.66 bits per heavy atom. The molecule has 4 heteroatoms. The van der Waals surface area contributed by atoms with Gasteiger partial charge >= 0.3 is 0 Å². The molecular weight excluding hydrogens is 380 g/mol. The van der Waals surface area contributed by atoms with Gasteiger partial charge in [-0.3, -0.25) is 4.79 Å². The number of carbonyl (C=O) groups excluding carboxylic acids is 1. The van der Waals surface area contributed by atoms with Gasteiger partial charge in [-0.2, -0.15) is 0 Å². The summed E-state index contributed by atoms with van der Waals surface area (Å²) < 4.78 is 0. The van der Waals surface area contributed by atoms with Crippen molar-refractivity contribution in [2.24, 2.45) is 4.99 Å². The minimum atomic E-state index is -0.0767. The van der Waals surface area contributed by atoms with Crippen LogP contribution >= 0.6 is 11.6 Å². The van der Waals surface area contributed by atoms with E-state index >= 15 is 0 Å². The number of anilines is 1. The molecule has 1 aliphatic rings. The Morgan fingerprint density at radius 3 is 2.34 bits per heavy atom. The predicted octanol–water partition coefficient (Wildman–Crippen LogP) is 6.52. The molecule has 0 N–H and O–H groups in total. The van der Waals surface area contributed by atoms with E-state index in [0.717, 1.165) is 28.9 Å². The molecule has 0 aromatic heterocycles. The van der Waals surface area contributed by atoms with Gasteiger partial charge in [0, 0.05) is 10.6 Å². The lowest BCUT2D eigenvalue weighted by atomic mass is 9.99. The van der Waals surface area contributed by atoms with Crippen LogP contribution in [0.15, 0.2) is 77.8 Å². The first kappa shape index (κ1) is 19.4. The van der Waals surface area contributed by atoms with Crippen LogP contribution in [0.1, 0.15) is 42.9 Å². The van der Waals surface area contributed by atoms with E-state index in [1.165, 1.54) is 5.56 Å². The van der Waals surface area contributed by atoms with E-state index in [2.05, 4.69) is 26.0 Å². The Hall–Kier alpha value is -2.91. The molecule has 1 aliphatic heterocycles. The monoisotopic (exact) mass is 402 g/mol. The van der Waals surface area contributed by atoms with Crippen LogP contribution in [0.25, 0.3) is 0 Å². The summed E-state index contributed by atoms with van der Waals surface area (Å²) in [4.78, 5) is 19.7. The Balaban J connectivity index is 1.66. The van der Waals surface area contributed by atoms with Crippen molar-refractivity contribution in [1.29, 1.82) is 0 Å². The van der Waals surface area contributed by atoms with Crippen LogP contribution in [-0.4, -0.2) is 11.6 Å². The average Bonchev–Trinajstić information content (AvgIpc) is 3.01. The van der Waals surface area contributed by atoms with Gasteiger partial charge in [0.2, 0.25) is 0 Å². The zero-order valence-corrected chi connectivity index (χ0v) is 17.4. The van der Waals surface area contributed by atoms with Crippen LogP contribution in [-0.2, 0) is 11.3 Å². The van der Waals surface area contributed by atoms with E-state index in [0.29, 0.717) is 23.2 Å². The molecule has 3 aromatic rings. The highest BCUT2D eigenvalue weighted by molar-refractivity contribution is 6.54. The standard InChI is InChI=1S/C25H23ClN2O/c1-3-17(2)19-10-14-21(15-11-19)27-24-22-6-4-5-7-23(22)28(25(24)29)16-18-8-12-20(26)13-9-18/h4-15,17H,3,16H2,1-2H3. The van der Waals surface area contributed by atoms with Crippen molar-refractivity contribution < 1.29 is 4.79 Å². The lowest BCUT2D eigenvalue weighted by molar-refractivity contribution is -0.112. The number of nitrogens with zero attached hydrogens (tertiary/aromatic N) is 2. The van der Waals surface area contributed by atoms with Crippen LogP contribution in [0.3, 0.4) is 0 Å². The number of amides is 1. The molecule has 1 atom stereocenters. The van der Waals surface area contributed by atoms with Crippen molar-refractivity contribution in [3.8, 4) is 0 Å². The van der Waals surface area contributed by atoms with Crippen molar-refractivity contribution in [3.63, 3.8) is 0 Å². The largest absolute Gasteiger partial charge is 0.302 e. The number of hydrogen-bond acceptors (Lipinski definition) is 2. The molecule has 4 rings (SSSR count). The maximum absolute atomic E-state index is 13.2. The van der Waals surface area contributed by atoms with E-state index in [4.69, 9.17) is 16.6 Å². The predicted molar refractivity (Wildman–Crippen MR) is 120 cm³/mol. The molecule has 146 valence electrons. The normalized spacial score (nSPS) is 15.6. The molecule has 0 saturated heterocycles. The summed E-state index contributed by atoms with van der Waals surface area (Å²) in [6.07, 6.45) is 1.10. The fourth-order valence-electron chi connectivity index (χ4n) is 3.54. The number of fused-ring (bicyclic) bond motifs is 1. The summed E-state index contributed by atoms with van der Waals surface area (Å²) in [6.45, 7) is 4.88. The zero-order valence-electron chi connectivity index (χ0n) is 16.6. The van der Waals surface area contributed by atoms with Gasteiger partial charge in [0.05, 0.1) is 17.9 Å². The lowest BCUT2D eigenvalue weighted by Crippen LogP contribution is -2.29. The topological polar surface area (TPSA) is 32.7 Å². The highest BCUT2D eigenvalue weighted by Crippen LogP contribution is 2.32. The highest BCUT2D eigenvalue weighted by atomic mass is 35.5. The molecule has 0 spiro atoms. The second-order valence-corrected chi connectivity index (χ2v) is 7.83. The maximum Gasteiger partial charge on any atom is 0.277 e. The van der Waals surface area contributed by atoms with Crippen LogP contribution in [0.4, 0.5) is 11.4 Å². The molecule has 0 radical (unpaired) electrons. The van der Waals surface area contributed by atoms with Crippen molar-refractivity contribution in [2.45, 2.75) is 32.7 Å². The Bertz CT molecular complexity index is 1050. The SMILES string of the molecule is CCC(C)c1ccc(N=C2C(=O)N(Cc3ccc(Cl)cc3)c3ccccc32)cc1. The third-order valence-corrected chi connectivity index (χ3v) is 5.72. The van der Waals surface area contributed by atoms with E-state index in [1.807, 2.05) is 60.7 Å². The average molecular weight is 403 g/mol. The molecule has 0 saturated carbocycles. The van der Waals surface area contributed by atoms with Gasteiger partial charge in [-0.15, -0.1) is 0 Å². The Morgan fingerprint density at radius 1 is 0.966 bits per heavy atom. The van der Waals surface area contributed by atoms with Gasteiger partial charge in [-0.1, -0.05) is 67.9 Å². The number of benzene rings is 3. The molecular formula is C25H23ClN2O. The second kappa shape index (κ2) is 8.22. The number of para-hydroxylation sites is 1. The first-order valence-electron chi connectivity index (χ1n) is 9.91. The van der Waals surface area contributed by atoms with Crippen LogP contribution in [0.5, 0.6) is 0 Å². The summed E-state index contributed by atoms with van der Waals surface area (Å²) in [5, 5.41) is 0.685. The smallest absolute Gasteiger partial charge is 0.277 e. The van der Waals surface area contributed by atoms with Gasteiger partial charge in [-0.05, 0) is 53.8 Å². The lowest BCUT2D eigenvalue weighted by Gasteiger charge is -2.17. The van der Waals surface area contributed by atoms with Gasteiger partial charge in [0.15, 0.2) is 0 Å². The van der Waals surface area contributed by atoms with E-state index in [-0.39, 0.29) is 5.91 Å². The minimum absolute atomic E-state index is 0.0767. The van der Waals surface area contributed by atoms with E-state index < -0.39 is 0 Å². The number of aliphatic imine (C=N–C) groups is 1. The summed E-state index contributed by atoms with van der Waals surface area (Å²) in [7, 11) is 0.